The number of aromatic nitrogens is 1. The van der Waals surface area contributed by atoms with E-state index in [1.165, 1.54) is 10.3 Å². The molecule has 84 valence electrons. The Morgan fingerprint density at radius 1 is 1.50 bits per heavy atom. The summed E-state index contributed by atoms with van der Waals surface area (Å²) in [5.74, 6) is 0. The number of hydrazone groups is 1. The average molecular weight is 233 g/mol. The molecule has 1 aromatic heterocycles. The number of nitrogens with zero attached hydrogens (tertiary/aromatic N) is 2. The fourth-order valence-electron chi connectivity index (χ4n) is 1.36. The molecule has 0 amide bonds. The molecular formula is C12H15N3S. The van der Waals surface area contributed by atoms with Gasteiger partial charge in [-0.05, 0) is 31.9 Å². The molecule has 3 nitrogen and oxygen atoms in total. The summed E-state index contributed by atoms with van der Waals surface area (Å²) < 4.78 is 1.20. The van der Waals surface area contributed by atoms with E-state index in [2.05, 4.69) is 47.6 Å². The molecule has 1 aromatic carbocycles. The van der Waals surface area contributed by atoms with Crippen LogP contribution in [0.25, 0.3) is 10.2 Å². The second kappa shape index (κ2) is 4.61. The summed E-state index contributed by atoms with van der Waals surface area (Å²) >= 11 is 1.63. The predicted octanol–water partition coefficient (Wildman–Crippen LogP) is 3.80. The minimum Gasteiger partial charge on any atom is -0.253 e. The molecule has 1 heterocycles. The van der Waals surface area contributed by atoms with E-state index in [4.69, 9.17) is 0 Å². The van der Waals surface area contributed by atoms with Crippen molar-refractivity contribution in [3.05, 3.63) is 23.8 Å². The molecular weight excluding hydrogens is 218 g/mol. The van der Waals surface area contributed by atoms with E-state index in [0.29, 0.717) is 0 Å². The Morgan fingerprint density at radius 3 is 3.00 bits per heavy atom. The monoisotopic (exact) mass is 233 g/mol. The van der Waals surface area contributed by atoms with Crippen LogP contribution in [0, 0.1) is 6.92 Å². The van der Waals surface area contributed by atoms with Gasteiger partial charge in [-0.1, -0.05) is 30.4 Å². The maximum atomic E-state index is 4.52. The van der Waals surface area contributed by atoms with Crippen molar-refractivity contribution >= 4 is 32.4 Å². The molecule has 1 N–H and O–H groups in total. The second-order valence-corrected chi connectivity index (χ2v) is 4.78. The summed E-state index contributed by atoms with van der Waals surface area (Å²) in [5, 5.41) is 5.11. The SMILES string of the molecule is CC/C(C)=N/Nc1nc2c(C)cccc2s1. The highest BCUT2D eigenvalue weighted by atomic mass is 32.1. The normalized spacial score (nSPS) is 12.1. The van der Waals surface area contributed by atoms with E-state index >= 15 is 0 Å². The van der Waals surface area contributed by atoms with Crippen molar-refractivity contribution in [1.82, 2.24) is 4.98 Å². The number of para-hydroxylation sites is 1. The van der Waals surface area contributed by atoms with Gasteiger partial charge in [0.15, 0.2) is 0 Å². The molecule has 0 unspecified atom stereocenters. The van der Waals surface area contributed by atoms with Crippen molar-refractivity contribution in [2.45, 2.75) is 27.2 Å². The van der Waals surface area contributed by atoms with Crippen LogP contribution in [0.5, 0.6) is 0 Å². The lowest BCUT2D eigenvalue weighted by molar-refractivity contribution is 1.20. The third-order valence-corrected chi connectivity index (χ3v) is 3.40. The molecule has 0 radical (unpaired) electrons. The molecule has 0 aliphatic rings. The van der Waals surface area contributed by atoms with Crippen molar-refractivity contribution in [1.29, 1.82) is 0 Å². The second-order valence-electron chi connectivity index (χ2n) is 3.75. The van der Waals surface area contributed by atoms with Gasteiger partial charge in [-0.3, -0.25) is 5.43 Å². The van der Waals surface area contributed by atoms with Crippen LogP contribution in [0.15, 0.2) is 23.3 Å². The zero-order chi connectivity index (χ0) is 11.5. The van der Waals surface area contributed by atoms with Gasteiger partial charge in [0.25, 0.3) is 0 Å². The van der Waals surface area contributed by atoms with Crippen LogP contribution in [0.4, 0.5) is 5.13 Å². The molecule has 0 saturated heterocycles. The summed E-state index contributed by atoms with van der Waals surface area (Å²) in [7, 11) is 0. The summed E-state index contributed by atoms with van der Waals surface area (Å²) in [4.78, 5) is 4.52. The van der Waals surface area contributed by atoms with Crippen molar-refractivity contribution in [2.24, 2.45) is 5.10 Å². The fraction of sp³-hybridized carbons (Fsp3) is 0.333. The molecule has 4 heteroatoms. The largest absolute Gasteiger partial charge is 0.253 e. The van der Waals surface area contributed by atoms with E-state index in [1.54, 1.807) is 11.3 Å². The van der Waals surface area contributed by atoms with Gasteiger partial charge in [0.2, 0.25) is 5.13 Å². The summed E-state index contributed by atoms with van der Waals surface area (Å²) in [6.07, 6.45) is 0.955. The third-order valence-electron chi connectivity index (χ3n) is 2.47. The first kappa shape index (κ1) is 11.1. The Bertz CT molecular complexity index is 528. The highest BCUT2D eigenvalue weighted by Gasteiger charge is 2.04. The van der Waals surface area contributed by atoms with Gasteiger partial charge < -0.3 is 0 Å². The molecule has 16 heavy (non-hydrogen) atoms. The van der Waals surface area contributed by atoms with E-state index in [1.807, 2.05) is 6.92 Å². The Hall–Kier alpha value is -1.42. The maximum absolute atomic E-state index is 4.52. The Labute approximate surface area is 99.2 Å². The van der Waals surface area contributed by atoms with Crippen molar-refractivity contribution in [2.75, 3.05) is 5.43 Å². The fourth-order valence-corrected chi connectivity index (χ4v) is 2.24. The van der Waals surface area contributed by atoms with Gasteiger partial charge in [0.05, 0.1) is 10.2 Å². The minimum absolute atomic E-state index is 0.858. The van der Waals surface area contributed by atoms with E-state index in [9.17, 15) is 0 Å². The lowest BCUT2D eigenvalue weighted by atomic mass is 10.2. The lowest BCUT2D eigenvalue weighted by Crippen LogP contribution is -1.94. The number of rotatable bonds is 3. The number of fused-ring (bicyclic) bond motifs is 1. The molecule has 2 aromatic rings. The number of hydrogen-bond acceptors (Lipinski definition) is 4. The number of nitrogens with one attached hydrogen (secondary N) is 1. The Morgan fingerprint density at radius 2 is 2.31 bits per heavy atom. The van der Waals surface area contributed by atoms with Gasteiger partial charge in [0.1, 0.15) is 0 Å². The minimum atomic E-state index is 0.858. The van der Waals surface area contributed by atoms with Crippen LogP contribution in [-0.2, 0) is 0 Å². The number of hydrogen-bond donors (Lipinski definition) is 1. The highest BCUT2D eigenvalue weighted by molar-refractivity contribution is 7.22. The number of aryl methyl sites for hydroxylation is 1. The van der Waals surface area contributed by atoms with Gasteiger partial charge >= 0.3 is 0 Å². The van der Waals surface area contributed by atoms with Crippen LogP contribution in [0.3, 0.4) is 0 Å². The van der Waals surface area contributed by atoms with E-state index in [0.717, 1.165) is 22.8 Å². The zero-order valence-electron chi connectivity index (χ0n) is 9.74. The Balaban J connectivity index is 2.30. The van der Waals surface area contributed by atoms with Crippen LogP contribution in [0.2, 0.25) is 0 Å². The van der Waals surface area contributed by atoms with Gasteiger partial charge in [-0.25, -0.2) is 4.98 Å². The van der Waals surface area contributed by atoms with Crippen molar-refractivity contribution in [3.8, 4) is 0 Å². The Kier molecular flexibility index (Phi) is 3.19. The number of anilines is 1. The quantitative estimate of drug-likeness (QED) is 0.646. The van der Waals surface area contributed by atoms with Crippen molar-refractivity contribution in [3.63, 3.8) is 0 Å². The molecule has 0 spiro atoms. The van der Waals surface area contributed by atoms with Crippen LogP contribution in [0.1, 0.15) is 25.8 Å². The molecule has 0 bridgehead atoms. The van der Waals surface area contributed by atoms with Gasteiger partial charge in [0, 0.05) is 5.71 Å². The molecule has 2 rings (SSSR count). The maximum Gasteiger partial charge on any atom is 0.204 e. The van der Waals surface area contributed by atoms with E-state index < -0.39 is 0 Å². The molecule has 0 fully saturated rings. The molecule has 0 aliphatic heterocycles. The van der Waals surface area contributed by atoms with Crippen molar-refractivity contribution < 1.29 is 0 Å². The average Bonchev–Trinajstić information content (AvgIpc) is 2.70. The van der Waals surface area contributed by atoms with Crippen LogP contribution in [-0.4, -0.2) is 10.7 Å². The standard InChI is InChI=1S/C12H15N3S/c1-4-9(3)14-15-12-13-11-8(2)6-5-7-10(11)16-12/h5-7H,4H2,1-3H3,(H,13,15)/b14-9+. The highest BCUT2D eigenvalue weighted by Crippen LogP contribution is 2.27. The number of benzene rings is 1. The first-order chi connectivity index (χ1) is 7.70. The van der Waals surface area contributed by atoms with Gasteiger partial charge in [-0.2, -0.15) is 5.10 Å². The topological polar surface area (TPSA) is 37.3 Å². The summed E-state index contributed by atoms with van der Waals surface area (Å²) in [5.41, 5.74) is 6.36. The summed E-state index contributed by atoms with van der Waals surface area (Å²) in [6, 6.07) is 6.22. The third kappa shape index (κ3) is 2.22. The van der Waals surface area contributed by atoms with Gasteiger partial charge in [-0.15, -0.1) is 0 Å². The summed E-state index contributed by atoms with van der Waals surface area (Å²) in [6.45, 7) is 6.17. The lowest BCUT2D eigenvalue weighted by Gasteiger charge is -1.95. The zero-order valence-corrected chi connectivity index (χ0v) is 10.6. The van der Waals surface area contributed by atoms with Crippen LogP contribution >= 0.6 is 11.3 Å². The molecule has 0 atom stereocenters. The predicted molar refractivity (Wildman–Crippen MR) is 71.4 cm³/mol. The smallest absolute Gasteiger partial charge is 0.204 e. The molecule has 0 saturated carbocycles. The molecule has 0 aliphatic carbocycles. The first-order valence-corrected chi connectivity index (χ1v) is 6.17. The van der Waals surface area contributed by atoms with Crippen LogP contribution < -0.4 is 5.43 Å². The number of thiazole rings is 1. The van der Waals surface area contributed by atoms with E-state index in [-0.39, 0.29) is 0 Å². The first-order valence-electron chi connectivity index (χ1n) is 5.36.